The van der Waals surface area contributed by atoms with Gasteiger partial charge in [0.1, 0.15) is 5.75 Å². The van der Waals surface area contributed by atoms with Crippen molar-refractivity contribution in [1.29, 1.82) is 0 Å². The second-order valence-corrected chi connectivity index (χ2v) is 10.8. The highest BCUT2D eigenvalue weighted by Crippen LogP contribution is 2.32. The van der Waals surface area contributed by atoms with Crippen LogP contribution < -0.4 is 9.64 Å². The van der Waals surface area contributed by atoms with Crippen molar-refractivity contribution in [3.8, 4) is 5.75 Å². The number of thioether (sulfide) groups is 1. The van der Waals surface area contributed by atoms with Crippen LogP contribution in [0.4, 0.5) is 5.69 Å². The quantitative estimate of drug-likeness (QED) is 0.198. The molecule has 0 bridgehead atoms. The van der Waals surface area contributed by atoms with Crippen LogP contribution in [0, 0.1) is 0 Å². The molecular weight excluding hydrogens is 496 g/mol. The van der Waals surface area contributed by atoms with Crippen molar-refractivity contribution in [3.05, 3.63) is 78.1 Å². The molecule has 1 saturated heterocycles. The molecule has 2 amide bonds. The fourth-order valence-electron chi connectivity index (χ4n) is 5.15. The molecule has 5 rings (SSSR count). The molecule has 198 valence electrons. The van der Waals surface area contributed by atoms with Crippen molar-refractivity contribution in [1.82, 2.24) is 14.9 Å². The summed E-state index contributed by atoms with van der Waals surface area (Å²) in [7, 11) is 0. The molecule has 1 fully saturated rings. The van der Waals surface area contributed by atoms with Gasteiger partial charge in [-0.15, -0.1) is 0 Å². The number of carbonyl (C=O) groups is 2. The third kappa shape index (κ3) is 6.54. The van der Waals surface area contributed by atoms with E-state index in [1.54, 1.807) is 24.2 Å². The Hall–Kier alpha value is -3.39. The van der Waals surface area contributed by atoms with E-state index in [-0.39, 0.29) is 17.9 Å². The third-order valence-electron chi connectivity index (χ3n) is 7.18. The molecule has 7 nitrogen and oxygen atoms in total. The van der Waals surface area contributed by atoms with Crippen molar-refractivity contribution in [2.45, 2.75) is 56.1 Å². The predicted molar refractivity (Wildman–Crippen MR) is 150 cm³/mol. The van der Waals surface area contributed by atoms with Crippen molar-refractivity contribution in [2.75, 3.05) is 30.3 Å². The maximum atomic E-state index is 13.1. The zero-order valence-corrected chi connectivity index (χ0v) is 22.4. The summed E-state index contributed by atoms with van der Waals surface area (Å²) < 4.78 is 5.88. The van der Waals surface area contributed by atoms with Gasteiger partial charge in [0.15, 0.2) is 5.16 Å². The second-order valence-electron chi connectivity index (χ2n) is 9.73. The van der Waals surface area contributed by atoms with Crippen LogP contribution in [-0.2, 0) is 11.2 Å². The van der Waals surface area contributed by atoms with E-state index in [0.29, 0.717) is 31.7 Å². The van der Waals surface area contributed by atoms with Gasteiger partial charge in [-0.3, -0.25) is 9.59 Å². The number of rotatable bonds is 10. The number of para-hydroxylation sites is 1. The van der Waals surface area contributed by atoms with Crippen LogP contribution >= 0.6 is 11.8 Å². The number of piperidine rings is 1. The minimum Gasteiger partial charge on any atom is -0.494 e. The lowest BCUT2D eigenvalue weighted by atomic mass is 9.95. The summed E-state index contributed by atoms with van der Waals surface area (Å²) in [6, 6.07) is 17.6. The number of hydrogen-bond acceptors (Lipinski definition) is 6. The van der Waals surface area contributed by atoms with Gasteiger partial charge in [-0.25, -0.2) is 9.97 Å². The Kier molecular flexibility index (Phi) is 8.91. The number of aromatic nitrogens is 2. The van der Waals surface area contributed by atoms with Crippen LogP contribution in [-0.4, -0.2) is 58.2 Å². The molecule has 8 heteroatoms. The molecule has 1 aromatic heterocycles. The fraction of sp³-hybridized carbons (Fsp3) is 0.400. The molecule has 0 aliphatic carbocycles. The zero-order valence-electron chi connectivity index (χ0n) is 21.6. The number of amides is 2. The molecule has 3 aromatic rings. The summed E-state index contributed by atoms with van der Waals surface area (Å²) in [4.78, 5) is 38.2. The van der Waals surface area contributed by atoms with E-state index in [1.807, 2.05) is 58.3 Å². The number of unbranched alkanes of at least 4 members (excludes halogenated alkanes) is 2. The van der Waals surface area contributed by atoms with Crippen LogP contribution in [0.1, 0.15) is 54.4 Å². The van der Waals surface area contributed by atoms with Crippen LogP contribution in [0.15, 0.2) is 72.1 Å². The number of benzene rings is 2. The summed E-state index contributed by atoms with van der Waals surface area (Å²) >= 11 is 1.68. The minimum atomic E-state index is 0.0419. The fourth-order valence-corrected chi connectivity index (χ4v) is 5.95. The lowest BCUT2D eigenvalue weighted by molar-refractivity contribution is -0.119. The average Bonchev–Trinajstić information content (AvgIpc) is 2.97. The molecule has 2 aliphatic heterocycles. The van der Waals surface area contributed by atoms with Crippen molar-refractivity contribution in [3.63, 3.8) is 0 Å². The average molecular weight is 531 g/mol. The van der Waals surface area contributed by atoms with Crippen LogP contribution in [0.25, 0.3) is 0 Å². The highest BCUT2D eigenvalue weighted by molar-refractivity contribution is 7.99. The lowest BCUT2D eigenvalue weighted by Gasteiger charge is -2.41. The molecule has 3 heterocycles. The number of nitrogens with zero attached hydrogens (tertiary/aromatic N) is 4. The van der Waals surface area contributed by atoms with Gasteiger partial charge in [0.25, 0.3) is 5.91 Å². The first-order chi connectivity index (χ1) is 18.7. The smallest absolute Gasteiger partial charge is 0.253 e. The Labute approximate surface area is 228 Å². The van der Waals surface area contributed by atoms with Gasteiger partial charge in [-0.2, -0.15) is 0 Å². The highest BCUT2D eigenvalue weighted by Gasteiger charge is 2.33. The number of hydrogen-bond donors (Lipinski definition) is 0. The van der Waals surface area contributed by atoms with Gasteiger partial charge >= 0.3 is 0 Å². The summed E-state index contributed by atoms with van der Waals surface area (Å²) in [5, 5.41) is 0.825. The molecule has 2 aromatic carbocycles. The first-order valence-electron chi connectivity index (χ1n) is 13.5. The van der Waals surface area contributed by atoms with Crippen molar-refractivity contribution in [2.24, 2.45) is 0 Å². The third-order valence-corrected chi connectivity index (χ3v) is 8.14. The van der Waals surface area contributed by atoms with Crippen LogP contribution in [0.5, 0.6) is 5.75 Å². The largest absolute Gasteiger partial charge is 0.494 e. The molecule has 0 unspecified atom stereocenters. The Balaban J connectivity index is 1.03. The van der Waals surface area contributed by atoms with Crippen LogP contribution in [0.2, 0.25) is 0 Å². The standard InChI is InChI=1S/C30H34N4O3S/c35-28-14-11-23-7-2-3-8-27(23)34(28)25-15-19-33(20-16-25)29(36)24-9-12-26(13-10-24)37-21-4-1-5-22-38-30-31-17-6-18-32-30/h2-3,6-10,12-13,17-18,25H,1,4-5,11,14-16,19-22H2. The number of carbonyl (C=O) groups excluding carboxylic acids is 2. The maximum absolute atomic E-state index is 13.1. The lowest BCUT2D eigenvalue weighted by Crippen LogP contribution is -2.50. The molecule has 2 aliphatic rings. The molecule has 0 atom stereocenters. The Morgan fingerprint density at radius 2 is 1.68 bits per heavy atom. The summed E-state index contributed by atoms with van der Waals surface area (Å²) in [5.74, 6) is 2.03. The van der Waals surface area contributed by atoms with Gasteiger partial charge in [0.2, 0.25) is 5.91 Å². The summed E-state index contributed by atoms with van der Waals surface area (Å²) in [6.45, 7) is 1.97. The summed E-state index contributed by atoms with van der Waals surface area (Å²) in [5.41, 5.74) is 2.96. The molecule has 0 radical (unpaired) electrons. The predicted octanol–water partition coefficient (Wildman–Crippen LogP) is 5.40. The minimum absolute atomic E-state index is 0.0419. The van der Waals surface area contributed by atoms with Gasteiger partial charge < -0.3 is 14.5 Å². The molecule has 0 spiro atoms. The zero-order chi connectivity index (χ0) is 26.2. The van der Waals surface area contributed by atoms with E-state index in [4.69, 9.17) is 4.74 Å². The number of ether oxygens (including phenoxy) is 1. The Morgan fingerprint density at radius 1 is 0.921 bits per heavy atom. The second kappa shape index (κ2) is 12.9. The molecule has 0 N–H and O–H groups in total. The van der Waals surface area contributed by atoms with E-state index in [0.717, 1.165) is 60.9 Å². The number of aryl methyl sites for hydroxylation is 1. The molecular formula is C30H34N4O3S. The van der Waals surface area contributed by atoms with Gasteiger partial charge in [0.05, 0.1) is 6.61 Å². The van der Waals surface area contributed by atoms with E-state index in [1.165, 1.54) is 5.56 Å². The monoisotopic (exact) mass is 530 g/mol. The van der Waals surface area contributed by atoms with E-state index in [9.17, 15) is 9.59 Å². The topological polar surface area (TPSA) is 75.6 Å². The molecule has 38 heavy (non-hydrogen) atoms. The maximum Gasteiger partial charge on any atom is 0.253 e. The van der Waals surface area contributed by atoms with Gasteiger partial charge in [0, 0.05) is 54.9 Å². The normalized spacial score (nSPS) is 15.8. The SMILES string of the molecule is O=C(c1ccc(OCCCCCSc2ncccn2)cc1)N1CCC(N2C(=O)CCc3ccccc32)CC1. The van der Waals surface area contributed by atoms with Crippen molar-refractivity contribution >= 4 is 29.3 Å². The van der Waals surface area contributed by atoms with E-state index >= 15 is 0 Å². The van der Waals surface area contributed by atoms with E-state index < -0.39 is 0 Å². The number of fused-ring (bicyclic) bond motifs is 1. The van der Waals surface area contributed by atoms with Gasteiger partial charge in [-0.1, -0.05) is 30.0 Å². The van der Waals surface area contributed by atoms with Gasteiger partial charge in [-0.05, 0) is 80.5 Å². The van der Waals surface area contributed by atoms with Crippen LogP contribution in [0.3, 0.4) is 0 Å². The molecule has 0 saturated carbocycles. The summed E-state index contributed by atoms with van der Waals surface area (Å²) in [6.07, 6.45) is 9.66. The Morgan fingerprint density at radius 3 is 2.47 bits per heavy atom. The first kappa shape index (κ1) is 26.2. The van der Waals surface area contributed by atoms with Crippen molar-refractivity contribution < 1.29 is 14.3 Å². The highest BCUT2D eigenvalue weighted by atomic mass is 32.2. The first-order valence-corrected chi connectivity index (χ1v) is 14.5. The van der Waals surface area contributed by atoms with E-state index in [2.05, 4.69) is 16.0 Å². The number of anilines is 1. The number of likely N-dealkylation sites (tertiary alicyclic amines) is 1. The Bertz CT molecular complexity index is 1210.